The van der Waals surface area contributed by atoms with Crippen LogP contribution in [-0.2, 0) is 18.4 Å². The third-order valence-electron chi connectivity index (χ3n) is 3.88. The van der Waals surface area contributed by atoms with Gasteiger partial charge in [0.2, 0.25) is 0 Å². The van der Waals surface area contributed by atoms with Crippen molar-refractivity contribution in [2.75, 3.05) is 12.3 Å². The van der Waals surface area contributed by atoms with Crippen molar-refractivity contribution in [3.8, 4) is 0 Å². The minimum atomic E-state index is -3.78. The Labute approximate surface area is 154 Å². The number of anilines is 1. The Bertz CT molecular complexity index is 794. The molecule has 0 spiro atoms. The van der Waals surface area contributed by atoms with E-state index in [1.165, 1.54) is 17.2 Å². The van der Waals surface area contributed by atoms with Crippen LogP contribution in [0.5, 0.6) is 0 Å². The van der Waals surface area contributed by atoms with Crippen molar-refractivity contribution in [3.63, 3.8) is 0 Å². The summed E-state index contributed by atoms with van der Waals surface area (Å²) in [6, 6.07) is 0. The maximum absolute atomic E-state index is 10.4. The number of aromatic nitrogens is 4. The van der Waals surface area contributed by atoms with E-state index in [-0.39, 0.29) is 12.4 Å². The van der Waals surface area contributed by atoms with Gasteiger partial charge in [0, 0.05) is 0 Å². The van der Waals surface area contributed by atoms with Gasteiger partial charge in [-0.1, -0.05) is 4.62 Å². The molecule has 2 aromatic rings. The lowest BCUT2D eigenvalue weighted by molar-refractivity contribution is -0.0570. The summed E-state index contributed by atoms with van der Waals surface area (Å²) in [7, 11) is -3.78. The minimum Gasteiger partial charge on any atom is -0.387 e. The SMILES string of the molecule is CC(C)O[P+](O)(ON)OC[C@@H]1O[C@H](n2cnc3c(N)ncnc32)[C@@H](O)[C@H]1O. The van der Waals surface area contributed by atoms with Gasteiger partial charge in [-0.3, -0.25) is 4.57 Å². The molecule has 5 atom stereocenters. The number of nitrogen functional groups attached to an aromatic ring is 1. The molecule has 0 saturated carbocycles. The summed E-state index contributed by atoms with van der Waals surface area (Å²) >= 11 is 0. The van der Waals surface area contributed by atoms with Crippen LogP contribution in [0.3, 0.4) is 0 Å². The Morgan fingerprint density at radius 2 is 2.04 bits per heavy atom. The topological polar surface area (TPSA) is 193 Å². The Morgan fingerprint density at radius 3 is 2.70 bits per heavy atom. The molecule has 13 nitrogen and oxygen atoms in total. The van der Waals surface area contributed by atoms with Gasteiger partial charge >= 0.3 is 8.17 Å². The third-order valence-corrected chi connectivity index (χ3v) is 5.31. The van der Waals surface area contributed by atoms with Crippen LogP contribution >= 0.6 is 8.17 Å². The zero-order chi connectivity index (χ0) is 19.8. The van der Waals surface area contributed by atoms with Crippen LogP contribution in [-0.4, -0.2) is 65.6 Å². The van der Waals surface area contributed by atoms with Gasteiger partial charge in [-0.05, 0) is 13.8 Å². The van der Waals surface area contributed by atoms with E-state index in [9.17, 15) is 15.1 Å². The number of aliphatic hydroxyl groups is 2. The number of hydrogen-bond donors (Lipinski definition) is 5. The first-order chi connectivity index (χ1) is 12.8. The molecule has 3 heterocycles. The summed E-state index contributed by atoms with van der Waals surface area (Å²) in [5, 5.41) is 20.6. The highest BCUT2D eigenvalue weighted by Crippen LogP contribution is 2.57. The van der Waals surface area contributed by atoms with Gasteiger partial charge < -0.3 is 20.7 Å². The second-order valence-electron chi connectivity index (χ2n) is 6.15. The lowest BCUT2D eigenvalue weighted by Crippen LogP contribution is -2.34. The van der Waals surface area contributed by atoms with Crippen LogP contribution in [0, 0.1) is 0 Å². The summed E-state index contributed by atoms with van der Waals surface area (Å²) in [5.41, 5.74) is 6.41. The molecule has 0 aliphatic carbocycles. The Hall–Kier alpha value is -1.54. The molecule has 1 aliphatic rings. The fourth-order valence-electron chi connectivity index (χ4n) is 2.67. The van der Waals surface area contributed by atoms with E-state index in [2.05, 4.69) is 19.6 Å². The number of nitrogens with two attached hydrogens (primary N) is 2. The number of aliphatic hydroxyl groups excluding tert-OH is 2. The maximum Gasteiger partial charge on any atom is 0.591 e. The smallest absolute Gasteiger partial charge is 0.387 e. The fraction of sp³-hybridized carbons (Fsp3) is 0.615. The van der Waals surface area contributed by atoms with Crippen molar-refractivity contribution in [2.45, 2.75) is 44.5 Å². The molecule has 2 aromatic heterocycles. The number of rotatable bonds is 7. The van der Waals surface area contributed by atoms with Crippen LogP contribution in [0.4, 0.5) is 5.82 Å². The fourth-order valence-corrected chi connectivity index (χ4v) is 3.71. The van der Waals surface area contributed by atoms with E-state index >= 15 is 0 Å². The second-order valence-corrected chi connectivity index (χ2v) is 7.77. The quantitative estimate of drug-likeness (QED) is 0.280. The third kappa shape index (κ3) is 4.01. The first kappa shape index (κ1) is 20.2. The first-order valence-electron chi connectivity index (χ1n) is 8.03. The van der Waals surface area contributed by atoms with Crippen molar-refractivity contribution < 1.29 is 33.5 Å². The van der Waals surface area contributed by atoms with Crippen molar-refractivity contribution in [1.82, 2.24) is 19.5 Å². The lowest BCUT2D eigenvalue weighted by Gasteiger charge is -2.18. The van der Waals surface area contributed by atoms with Crippen LogP contribution < -0.4 is 11.6 Å². The minimum absolute atomic E-state index is 0.174. The highest BCUT2D eigenvalue weighted by atomic mass is 31.2. The molecule has 0 amide bonds. The number of ether oxygens (including phenoxy) is 1. The normalized spacial score (nSPS) is 28.1. The van der Waals surface area contributed by atoms with Gasteiger partial charge in [0.05, 0.1) is 6.33 Å². The van der Waals surface area contributed by atoms with Crippen molar-refractivity contribution in [2.24, 2.45) is 5.90 Å². The summed E-state index contributed by atoms with van der Waals surface area (Å²) in [4.78, 5) is 22.1. The van der Waals surface area contributed by atoms with Gasteiger partial charge in [-0.2, -0.15) is 10.8 Å². The Balaban J connectivity index is 1.75. The van der Waals surface area contributed by atoms with Crippen LogP contribution in [0.15, 0.2) is 12.7 Å². The first-order valence-corrected chi connectivity index (χ1v) is 9.53. The zero-order valence-corrected chi connectivity index (χ0v) is 15.5. The van der Waals surface area contributed by atoms with Crippen LogP contribution in [0.1, 0.15) is 20.1 Å². The Morgan fingerprint density at radius 1 is 1.30 bits per heavy atom. The molecule has 1 unspecified atom stereocenters. The average molecular weight is 405 g/mol. The predicted octanol–water partition coefficient (Wildman–Crippen LogP) is -0.970. The largest absolute Gasteiger partial charge is 0.591 e. The number of hydrogen-bond acceptors (Lipinski definition) is 12. The summed E-state index contributed by atoms with van der Waals surface area (Å²) in [6.45, 7) is 2.98. The van der Waals surface area contributed by atoms with E-state index < -0.39 is 38.8 Å². The number of fused-ring (bicyclic) bond motifs is 1. The van der Waals surface area contributed by atoms with E-state index in [4.69, 9.17) is 25.4 Å². The zero-order valence-electron chi connectivity index (χ0n) is 14.6. The van der Waals surface area contributed by atoms with E-state index in [0.717, 1.165) is 0 Å². The monoisotopic (exact) mass is 405 g/mol. The van der Waals surface area contributed by atoms with Gasteiger partial charge in [0.25, 0.3) is 0 Å². The number of nitrogens with zero attached hydrogens (tertiary/aromatic N) is 4. The molecule has 0 bridgehead atoms. The van der Waals surface area contributed by atoms with Gasteiger partial charge in [-0.15, -0.1) is 9.05 Å². The number of imidazole rings is 1. The summed E-state index contributed by atoms with van der Waals surface area (Å²) in [6.07, 6.45) is -2.44. The predicted molar refractivity (Wildman–Crippen MR) is 92.2 cm³/mol. The van der Waals surface area contributed by atoms with Crippen molar-refractivity contribution in [1.29, 1.82) is 0 Å². The highest BCUT2D eigenvalue weighted by Gasteiger charge is 2.50. The molecule has 3 rings (SSSR count). The molecule has 1 aliphatic heterocycles. The molecule has 150 valence electrons. The second kappa shape index (κ2) is 7.83. The molecular formula is C13H22N6O7P+. The lowest BCUT2D eigenvalue weighted by atomic mass is 10.1. The van der Waals surface area contributed by atoms with E-state index in [1.807, 2.05) is 0 Å². The molecule has 1 fully saturated rings. The van der Waals surface area contributed by atoms with Crippen molar-refractivity contribution in [3.05, 3.63) is 12.7 Å². The summed E-state index contributed by atoms with van der Waals surface area (Å²) in [5.74, 6) is 5.21. The van der Waals surface area contributed by atoms with Crippen LogP contribution in [0.25, 0.3) is 11.2 Å². The van der Waals surface area contributed by atoms with Gasteiger partial charge in [-0.25, -0.2) is 15.0 Å². The standard InChI is InChI=1S/C13H22N6O7P/c1-6(2)25-27(22,26-15)23-3-7-9(20)10(21)13(24-7)19-5-18-8-11(14)16-4-17-12(8)19/h4-7,9-10,13,20-22H,3,15H2,1-2H3,(H2,14,16,17)/q+1/t7-,9-,10-,13-,27?/m0/s1. The average Bonchev–Trinajstić information content (AvgIpc) is 3.16. The molecule has 0 radical (unpaired) electrons. The molecule has 7 N–H and O–H groups in total. The van der Waals surface area contributed by atoms with Gasteiger partial charge in [0.1, 0.15) is 42.9 Å². The van der Waals surface area contributed by atoms with Crippen LogP contribution in [0.2, 0.25) is 0 Å². The van der Waals surface area contributed by atoms with E-state index in [0.29, 0.717) is 11.2 Å². The van der Waals surface area contributed by atoms with Gasteiger partial charge in [0.15, 0.2) is 17.7 Å². The van der Waals surface area contributed by atoms with Crippen molar-refractivity contribution >= 4 is 25.2 Å². The highest BCUT2D eigenvalue weighted by molar-refractivity contribution is 7.55. The van der Waals surface area contributed by atoms with E-state index in [1.54, 1.807) is 13.8 Å². The molecule has 14 heteroatoms. The molecule has 27 heavy (non-hydrogen) atoms. The molecule has 1 saturated heterocycles. The summed E-state index contributed by atoms with van der Waals surface area (Å²) < 4.78 is 21.8. The maximum atomic E-state index is 10.4. The molecule has 0 aromatic carbocycles. The Kier molecular flexibility index (Phi) is 5.86. The molecular weight excluding hydrogens is 383 g/mol.